The van der Waals surface area contributed by atoms with Gasteiger partial charge in [-0.3, -0.25) is 14.5 Å². The SMILES string of the molecule is C#CC1(c2cccc(OCOC3CCCC3)c2)CC(N2C(=O)c3ccccc3C2=O)C1. The van der Waals surface area contributed by atoms with E-state index in [4.69, 9.17) is 15.9 Å². The molecule has 0 radical (unpaired) electrons. The van der Waals surface area contributed by atoms with Crippen LogP contribution in [0.3, 0.4) is 0 Å². The summed E-state index contributed by atoms with van der Waals surface area (Å²) in [6.07, 6.45) is 12.0. The molecular weight excluding hydrogens is 390 g/mol. The number of rotatable bonds is 6. The van der Waals surface area contributed by atoms with Gasteiger partial charge in [-0.15, -0.1) is 6.42 Å². The van der Waals surface area contributed by atoms with Gasteiger partial charge < -0.3 is 9.47 Å². The second kappa shape index (κ2) is 7.86. The summed E-state index contributed by atoms with van der Waals surface area (Å²) in [5.41, 5.74) is 1.42. The molecule has 0 atom stereocenters. The molecule has 2 saturated carbocycles. The maximum Gasteiger partial charge on any atom is 0.261 e. The quantitative estimate of drug-likeness (QED) is 0.401. The van der Waals surface area contributed by atoms with Crippen molar-refractivity contribution in [2.45, 2.75) is 56.1 Å². The van der Waals surface area contributed by atoms with Crippen LogP contribution in [0.4, 0.5) is 0 Å². The number of carbonyl (C=O) groups is 2. The number of imide groups is 1. The summed E-state index contributed by atoms with van der Waals surface area (Å²) in [6.45, 7) is 0.231. The lowest BCUT2D eigenvalue weighted by Gasteiger charge is -2.47. The fraction of sp³-hybridized carbons (Fsp3) is 0.385. The second-order valence-corrected chi connectivity index (χ2v) is 8.68. The molecule has 0 bridgehead atoms. The Hall–Kier alpha value is -3.10. The van der Waals surface area contributed by atoms with Crippen LogP contribution in [0.2, 0.25) is 0 Å². The average Bonchev–Trinajstić information content (AvgIpc) is 3.37. The van der Waals surface area contributed by atoms with Gasteiger partial charge in [0, 0.05) is 6.04 Å². The summed E-state index contributed by atoms with van der Waals surface area (Å²) < 4.78 is 11.6. The molecule has 0 aromatic heterocycles. The summed E-state index contributed by atoms with van der Waals surface area (Å²) in [5, 5.41) is 0. The fourth-order valence-corrected chi connectivity index (χ4v) is 5.04. The number of hydrogen-bond donors (Lipinski definition) is 0. The van der Waals surface area contributed by atoms with E-state index >= 15 is 0 Å². The van der Waals surface area contributed by atoms with E-state index in [1.165, 1.54) is 17.7 Å². The number of hydrogen-bond acceptors (Lipinski definition) is 4. The minimum Gasteiger partial charge on any atom is -0.468 e. The van der Waals surface area contributed by atoms with Crippen LogP contribution in [0.5, 0.6) is 5.75 Å². The molecule has 1 aliphatic heterocycles. The molecule has 0 unspecified atom stereocenters. The van der Waals surface area contributed by atoms with Gasteiger partial charge in [0.1, 0.15) is 5.75 Å². The summed E-state index contributed by atoms with van der Waals surface area (Å²) in [5.74, 6) is 3.20. The zero-order chi connectivity index (χ0) is 21.4. The molecule has 5 heteroatoms. The van der Waals surface area contributed by atoms with Crippen molar-refractivity contribution < 1.29 is 19.1 Å². The fourth-order valence-electron chi connectivity index (χ4n) is 5.04. The summed E-state index contributed by atoms with van der Waals surface area (Å²) in [4.78, 5) is 26.9. The zero-order valence-electron chi connectivity index (χ0n) is 17.4. The second-order valence-electron chi connectivity index (χ2n) is 8.68. The van der Waals surface area contributed by atoms with E-state index in [9.17, 15) is 9.59 Å². The minimum absolute atomic E-state index is 0.196. The minimum atomic E-state index is -0.508. The van der Waals surface area contributed by atoms with Crippen LogP contribution in [0.25, 0.3) is 0 Å². The molecule has 2 fully saturated rings. The number of fused-ring (bicyclic) bond motifs is 1. The summed E-state index contributed by atoms with van der Waals surface area (Å²) >= 11 is 0. The van der Waals surface area contributed by atoms with Crippen molar-refractivity contribution >= 4 is 11.8 Å². The lowest BCUT2D eigenvalue weighted by Crippen LogP contribution is -2.54. The highest BCUT2D eigenvalue weighted by Crippen LogP contribution is 2.48. The van der Waals surface area contributed by atoms with Crippen molar-refractivity contribution in [1.29, 1.82) is 0 Å². The van der Waals surface area contributed by atoms with Gasteiger partial charge in [0.05, 0.1) is 22.6 Å². The van der Waals surface area contributed by atoms with E-state index in [0.29, 0.717) is 35.8 Å². The Kier molecular flexibility index (Phi) is 5.03. The molecule has 0 spiro atoms. The smallest absolute Gasteiger partial charge is 0.261 e. The van der Waals surface area contributed by atoms with Crippen LogP contribution in [0.15, 0.2) is 48.5 Å². The molecule has 2 aromatic carbocycles. The van der Waals surface area contributed by atoms with Crippen LogP contribution in [-0.4, -0.2) is 35.7 Å². The van der Waals surface area contributed by atoms with E-state index in [2.05, 4.69) is 5.92 Å². The first-order valence-electron chi connectivity index (χ1n) is 10.9. The lowest BCUT2D eigenvalue weighted by molar-refractivity contribution is -0.0326. The van der Waals surface area contributed by atoms with E-state index in [0.717, 1.165) is 18.4 Å². The van der Waals surface area contributed by atoms with Crippen LogP contribution in [-0.2, 0) is 10.2 Å². The molecule has 0 N–H and O–H groups in total. The molecule has 5 rings (SSSR count). The summed E-state index contributed by atoms with van der Waals surface area (Å²) in [6, 6.07) is 14.5. The van der Waals surface area contributed by atoms with Gasteiger partial charge in [-0.05, 0) is 55.5 Å². The van der Waals surface area contributed by atoms with Crippen molar-refractivity contribution in [3.63, 3.8) is 0 Å². The number of terminal acetylenes is 1. The largest absolute Gasteiger partial charge is 0.468 e. The first-order chi connectivity index (χ1) is 15.1. The third-order valence-electron chi connectivity index (χ3n) is 6.85. The number of nitrogens with zero attached hydrogens (tertiary/aromatic N) is 1. The van der Waals surface area contributed by atoms with E-state index in [-0.39, 0.29) is 24.6 Å². The Morgan fingerprint density at radius 3 is 2.32 bits per heavy atom. The normalized spacial score (nSPS) is 25.3. The third kappa shape index (κ3) is 3.41. The third-order valence-corrected chi connectivity index (χ3v) is 6.85. The molecule has 158 valence electrons. The Morgan fingerprint density at radius 1 is 1.00 bits per heavy atom. The summed E-state index contributed by atoms with van der Waals surface area (Å²) in [7, 11) is 0. The van der Waals surface area contributed by atoms with Gasteiger partial charge in [0.15, 0.2) is 6.79 Å². The molecule has 0 saturated heterocycles. The molecule has 1 heterocycles. The van der Waals surface area contributed by atoms with Crippen molar-refractivity contribution in [3.05, 3.63) is 65.2 Å². The number of benzene rings is 2. The maximum absolute atomic E-state index is 12.8. The molecule has 5 nitrogen and oxygen atoms in total. The Morgan fingerprint density at radius 2 is 1.68 bits per heavy atom. The van der Waals surface area contributed by atoms with Gasteiger partial charge in [-0.1, -0.05) is 43.0 Å². The number of carbonyl (C=O) groups excluding carboxylic acids is 2. The van der Waals surface area contributed by atoms with E-state index in [1.54, 1.807) is 24.3 Å². The molecule has 31 heavy (non-hydrogen) atoms. The van der Waals surface area contributed by atoms with Crippen molar-refractivity contribution in [2.75, 3.05) is 6.79 Å². The monoisotopic (exact) mass is 415 g/mol. The zero-order valence-corrected chi connectivity index (χ0v) is 17.4. The molecule has 2 amide bonds. The van der Waals surface area contributed by atoms with Crippen LogP contribution in [0, 0.1) is 12.3 Å². The maximum atomic E-state index is 12.8. The van der Waals surface area contributed by atoms with Crippen molar-refractivity contribution in [1.82, 2.24) is 4.90 Å². The van der Waals surface area contributed by atoms with Crippen molar-refractivity contribution in [2.24, 2.45) is 0 Å². The molecule has 3 aliphatic rings. The van der Waals surface area contributed by atoms with Gasteiger partial charge in [-0.2, -0.15) is 0 Å². The number of amides is 2. The highest BCUT2D eigenvalue weighted by Gasteiger charge is 2.52. The van der Waals surface area contributed by atoms with Crippen LogP contribution in [0.1, 0.15) is 64.8 Å². The standard InChI is InChI=1S/C26H25NO4/c1-2-26(18-8-7-11-21(14-18)31-17-30-20-9-3-4-10-20)15-19(16-26)27-24(28)22-12-5-6-13-23(22)25(27)29/h1,5-8,11-14,19-20H,3-4,9-10,15-17H2. The first kappa shape index (κ1) is 19.8. The highest BCUT2D eigenvalue weighted by atomic mass is 16.7. The Labute approximate surface area is 182 Å². The lowest BCUT2D eigenvalue weighted by atomic mass is 9.61. The first-order valence-corrected chi connectivity index (χ1v) is 10.9. The Balaban J connectivity index is 1.26. The average molecular weight is 415 g/mol. The van der Waals surface area contributed by atoms with Gasteiger partial charge in [0.25, 0.3) is 11.8 Å². The van der Waals surface area contributed by atoms with Crippen LogP contribution >= 0.6 is 0 Å². The van der Waals surface area contributed by atoms with Gasteiger partial charge in [-0.25, -0.2) is 0 Å². The van der Waals surface area contributed by atoms with Crippen molar-refractivity contribution in [3.8, 4) is 18.1 Å². The molecule has 2 aromatic rings. The predicted molar refractivity (Wildman–Crippen MR) is 116 cm³/mol. The number of ether oxygens (including phenoxy) is 2. The predicted octanol–water partition coefficient (Wildman–Crippen LogP) is 4.31. The topological polar surface area (TPSA) is 55.8 Å². The van der Waals surface area contributed by atoms with E-state index in [1.807, 2.05) is 24.3 Å². The van der Waals surface area contributed by atoms with Gasteiger partial charge in [0.2, 0.25) is 0 Å². The van der Waals surface area contributed by atoms with Gasteiger partial charge >= 0.3 is 0 Å². The van der Waals surface area contributed by atoms with Crippen LogP contribution < -0.4 is 4.74 Å². The van der Waals surface area contributed by atoms with E-state index < -0.39 is 5.41 Å². The molecule has 2 aliphatic carbocycles. The Bertz CT molecular complexity index is 1020. The molecular formula is C26H25NO4. The highest BCUT2D eigenvalue weighted by molar-refractivity contribution is 6.21.